The van der Waals surface area contributed by atoms with E-state index in [0.717, 1.165) is 58.2 Å². The largest absolute Gasteiger partial charge is 0.497 e. The van der Waals surface area contributed by atoms with Crippen LogP contribution in [0.1, 0.15) is 23.6 Å². The number of rotatable bonds is 8. The van der Waals surface area contributed by atoms with Crippen LogP contribution in [-0.4, -0.2) is 64.1 Å². The molecule has 1 N–H and O–H groups in total. The van der Waals surface area contributed by atoms with Gasteiger partial charge in [0.1, 0.15) is 5.75 Å². The Morgan fingerprint density at radius 1 is 0.966 bits per heavy atom. The molecule has 29 heavy (non-hydrogen) atoms. The van der Waals surface area contributed by atoms with E-state index >= 15 is 0 Å². The minimum atomic E-state index is 0.146. The zero-order chi connectivity index (χ0) is 19.9. The summed E-state index contributed by atoms with van der Waals surface area (Å²) in [4.78, 5) is 2.59. The first-order valence-electron chi connectivity index (χ1n) is 10.7. The van der Waals surface area contributed by atoms with Gasteiger partial charge in [-0.3, -0.25) is 4.90 Å². The lowest BCUT2D eigenvalue weighted by atomic mass is 9.94. The van der Waals surface area contributed by atoms with Gasteiger partial charge in [-0.05, 0) is 29.7 Å². The van der Waals surface area contributed by atoms with Crippen molar-refractivity contribution >= 4 is 0 Å². The van der Waals surface area contributed by atoms with Gasteiger partial charge in [0, 0.05) is 38.2 Å². The Balaban J connectivity index is 1.53. The lowest BCUT2D eigenvalue weighted by Gasteiger charge is -2.38. The van der Waals surface area contributed by atoms with Crippen molar-refractivity contribution in [3.8, 4) is 5.75 Å². The van der Waals surface area contributed by atoms with Crippen molar-refractivity contribution in [1.82, 2.24) is 10.2 Å². The minimum Gasteiger partial charge on any atom is -0.497 e. The van der Waals surface area contributed by atoms with Gasteiger partial charge >= 0.3 is 0 Å². The fraction of sp³-hybridized carbons (Fsp3) is 0.500. The van der Waals surface area contributed by atoms with Crippen LogP contribution in [0.15, 0.2) is 54.6 Å². The topological polar surface area (TPSA) is 43.0 Å². The monoisotopic (exact) mass is 396 g/mol. The summed E-state index contributed by atoms with van der Waals surface area (Å²) in [5, 5.41) is 3.89. The third-order valence-corrected chi connectivity index (χ3v) is 6.14. The Kier molecular flexibility index (Phi) is 7.17. The van der Waals surface area contributed by atoms with Crippen molar-refractivity contribution in [2.45, 2.75) is 18.5 Å². The summed E-state index contributed by atoms with van der Waals surface area (Å²) in [5.41, 5.74) is 2.53. The zero-order valence-corrected chi connectivity index (χ0v) is 17.3. The van der Waals surface area contributed by atoms with E-state index in [1.165, 1.54) is 11.1 Å². The maximum absolute atomic E-state index is 5.73. The van der Waals surface area contributed by atoms with Crippen molar-refractivity contribution in [1.29, 1.82) is 0 Å². The molecule has 0 unspecified atom stereocenters. The van der Waals surface area contributed by atoms with Crippen LogP contribution in [0.4, 0.5) is 0 Å². The lowest BCUT2D eigenvalue weighted by molar-refractivity contribution is 0.00104. The number of methoxy groups -OCH3 is 1. The molecule has 2 saturated heterocycles. The molecule has 156 valence electrons. The summed E-state index contributed by atoms with van der Waals surface area (Å²) < 4.78 is 16.7. The molecule has 0 spiro atoms. The standard InChI is InChI=1S/C24H32N2O3/c1-27-22-9-7-20(8-10-22)24(19-5-3-2-4-6-19)25-17-23(21-11-14-29-18-21)26-12-15-28-16-13-26/h2-10,21,23-25H,11-18H2,1H3/t21-,23+,24+/m0/s1. The predicted molar refractivity (Wildman–Crippen MR) is 114 cm³/mol. The molecule has 2 heterocycles. The Morgan fingerprint density at radius 2 is 1.69 bits per heavy atom. The first kappa shape index (κ1) is 20.4. The van der Waals surface area contributed by atoms with E-state index in [1.807, 2.05) is 12.1 Å². The summed E-state index contributed by atoms with van der Waals surface area (Å²) in [7, 11) is 1.71. The van der Waals surface area contributed by atoms with Gasteiger partial charge in [-0.25, -0.2) is 0 Å². The number of nitrogens with zero attached hydrogens (tertiary/aromatic N) is 1. The first-order chi connectivity index (χ1) is 14.3. The lowest BCUT2D eigenvalue weighted by Crippen LogP contribution is -2.52. The molecule has 3 atom stereocenters. The number of hydrogen-bond donors (Lipinski definition) is 1. The third-order valence-electron chi connectivity index (χ3n) is 6.14. The average molecular weight is 397 g/mol. The van der Waals surface area contributed by atoms with E-state index in [-0.39, 0.29) is 6.04 Å². The molecule has 2 aromatic carbocycles. The average Bonchev–Trinajstić information content (AvgIpc) is 3.33. The van der Waals surface area contributed by atoms with Crippen LogP contribution in [-0.2, 0) is 9.47 Å². The molecule has 5 heteroatoms. The summed E-state index contributed by atoms with van der Waals surface area (Å²) in [6.07, 6.45) is 1.14. The first-order valence-corrected chi connectivity index (χ1v) is 10.7. The molecule has 0 saturated carbocycles. The van der Waals surface area contributed by atoms with Gasteiger partial charge in [0.25, 0.3) is 0 Å². The van der Waals surface area contributed by atoms with E-state index in [4.69, 9.17) is 14.2 Å². The number of benzene rings is 2. The van der Waals surface area contributed by atoms with E-state index in [1.54, 1.807) is 7.11 Å². The van der Waals surface area contributed by atoms with E-state index < -0.39 is 0 Å². The third kappa shape index (κ3) is 5.17. The molecule has 2 aromatic rings. The van der Waals surface area contributed by atoms with Gasteiger partial charge < -0.3 is 19.5 Å². The van der Waals surface area contributed by atoms with Crippen molar-refractivity contribution in [2.75, 3.05) is 53.2 Å². The van der Waals surface area contributed by atoms with Crippen molar-refractivity contribution in [3.63, 3.8) is 0 Å². The van der Waals surface area contributed by atoms with Crippen molar-refractivity contribution in [3.05, 3.63) is 65.7 Å². The highest BCUT2D eigenvalue weighted by atomic mass is 16.5. The molecule has 0 aliphatic carbocycles. The molecule has 0 bridgehead atoms. The Morgan fingerprint density at radius 3 is 2.34 bits per heavy atom. The molecule has 2 aliphatic rings. The van der Waals surface area contributed by atoms with E-state index in [2.05, 4.69) is 52.7 Å². The van der Waals surface area contributed by atoms with Gasteiger partial charge in [0.05, 0.1) is 33.0 Å². The van der Waals surface area contributed by atoms with Crippen LogP contribution in [0.25, 0.3) is 0 Å². The number of morpholine rings is 1. The highest BCUT2D eigenvalue weighted by molar-refractivity contribution is 5.35. The Bertz CT molecular complexity index is 726. The zero-order valence-electron chi connectivity index (χ0n) is 17.3. The van der Waals surface area contributed by atoms with Gasteiger partial charge in [0.15, 0.2) is 0 Å². The predicted octanol–water partition coefficient (Wildman–Crippen LogP) is 3.11. The molecular weight excluding hydrogens is 364 g/mol. The minimum absolute atomic E-state index is 0.146. The van der Waals surface area contributed by atoms with Crippen LogP contribution in [0.2, 0.25) is 0 Å². The second-order valence-corrected chi connectivity index (χ2v) is 7.86. The van der Waals surface area contributed by atoms with Crippen LogP contribution in [0.3, 0.4) is 0 Å². The normalized spacial score (nSPS) is 22.3. The van der Waals surface area contributed by atoms with Gasteiger partial charge in [-0.1, -0.05) is 42.5 Å². The van der Waals surface area contributed by atoms with Crippen molar-refractivity contribution in [2.24, 2.45) is 5.92 Å². The van der Waals surface area contributed by atoms with Crippen LogP contribution in [0, 0.1) is 5.92 Å². The number of nitrogens with one attached hydrogen (secondary N) is 1. The fourth-order valence-electron chi connectivity index (χ4n) is 4.47. The molecule has 5 nitrogen and oxygen atoms in total. The number of ether oxygens (including phenoxy) is 3. The Hall–Kier alpha value is -1.92. The molecule has 4 rings (SSSR count). The van der Waals surface area contributed by atoms with Crippen LogP contribution < -0.4 is 10.1 Å². The van der Waals surface area contributed by atoms with Crippen LogP contribution in [0.5, 0.6) is 5.75 Å². The molecule has 2 aliphatic heterocycles. The van der Waals surface area contributed by atoms with Gasteiger partial charge in [-0.2, -0.15) is 0 Å². The molecule has 0 aromatic heterocycles. The highest BCUT2D eigenvalue weighted by Crippen LogP contribution is 2.26. The van der Waals surface area contributed by atoms with Gasteiger partial charge in [-0.15, -0.1) is 0 Å². The highest BCUT2D eigenvalue weighted by Gasteiger charge is 2.32. The SMILES string of the molecule is COc1ccc([C@H](NC[C@H]([C@H]2CCOC2)N2CCOCC2)c2ccccc2)cc1. The molecule has 0 radical (unpaired) electrons. The Labute approximate surface area is 174 Å². The second-order valence-electron chi connectivity index (χ2n) is 7.86. The van der Waals surface area contributed by atoms with E-state index in [0.29, 0.717) is 12.0 Å². The fourth-order valence-corrected chi connectivity index (χ4v) is 4.47. The smallest absolute Gasteiger partial charge is 0.118 e. The molecular formula is C24H32N2O3. The summed E-state index contributed by atoms with van der Waals surface area (Å²) in [6.45, 7) is 6.33. The molecule has 2 fully saturated rings. The maximum Gasteiger partial charge on any atom is 0.118 e. The van der Waals surface area contributed by atoms with Crippen LogP contribution >= 0.6 is 0 Å². The van der Waals surface area contributed by atoms with E-state index in [9.17, 15) is 0 Å². The summed E-state index contributed by atoms with van der Waals surface area (Å²) in [5.74, 6) is 1.46. The van der Waals surface area contributed by atoms with Gasteiger partial charge in [0.2, 0.25) is 0 Å². The molecule has 0 amide bonds. The summed E-state index contributed by atoms with van der Waals surface area (Å²) >= 11 is 0. The van der Waals surface area contributed by atoms with Crippen molar-refractivity contribution < 1.29 is 14.2 Å². The second kappa shape index (κ2) is 10.2. The maximum atomic E-state index is 5.73. The number of hydrogen-bond acceptors (Lipinski definition) is 5. The summed E-state index contributed by atoms with van der Waals surface area (Å²) in [6, 6.07) is 19.7. The quantitative estimate of drug-likeness (QED) is 0.743.